The molecule has 1 aromatic carbocycles. The molecule has 0 saturated carbocycles. The van der Waals surface area contributed by atoms with E-state index in [2.05, 4.69) is 0 Å². The molecule has 1 fully saturated rings. The average molecular weight is 355 g/mol. The van der Waals surface area contributed by atoms with Crippen molar-refractivity contribution in [2.75, 3.05) is 0 Å². The smallest absolute Gasteiger partial charge is 0.328 e. The van der Waals surface area contributed by atoms with E-state index in [1.165, 1.54) is 18.2 Å². The molecule has 1 saturated heterocycles. The highest BCUT2D eigenvalue weighted by atomic mass is 16.5. The van der Waals surface area contributed by atoms with E-state index in [0.29, 0.717) is 17.1 Å². The number of carboxylic acid groups (broad SMARTS) is 1. The number of imide groups is 2. The third-order valence-electron chi connectivity index (χ3n) is 3.38. The lowest BCUT2D eigenvalue weighted by atomic mass is 10.1. The van der Waals surface area contributed by atoms with Crippen molar-refractivity contribution >= 4 is 29.9 Å². The molecular formula is C17H11N2O7-. The van der Waals surface area contributed by atoms with Crippen molar-refractivity contribution in [1.29, 1.82) is 0 Å². The van der Waals surface area contributed by atoms with Crippen LogP contribution in [0.4, 0.5) is 4.79 Å². The fourth-order valence-electron chi connectivity index (χ4n) is 2.15. The number of hydrogen-bond acceptors (Lipinski definition) is 7. The van der Waals surface area contributed by atoms with Crippen molar-refractivity contribution in [1.82, 2.24) is 10.6 Å². The van der Waals surface area contributed by atoms with Crippen molar-refractivity contribution in [2.45, 2.75) is 6.61 Å². The van der Waals surface area contributed by atoms with Crippen LogP contribution in [0.25, 0.3) is 6.08 Å². The zero-order valence-electron chi connectivity index (χ0n) is 13.1. The van der Waals surface area contributed by atoms with E-state index in [4.69, 9.17) is 9.15 Å². The highest BCUT2D eigenvalue weighted by Crippen LogP contribution is 2.17. The summed E-state index contributed by atoms with van der Waals surface area (Å²) in [5.74, 6) is -2.47. The largest absolute Gasteiger partial charge is 0.542 e. The molecule has 0 aliphatic carbocycles. The maximum atomic E-state index is 11.7. The molecule has 132 valence electrons. The number of furan rings is 1. The molecule has 4 amide bonds. The van der Waals surface area contributed by atoms with Crippen molar-refractivity contribution in [3.05, 3.63) is 59.1 Å². The summed E-state index contributed by atoms with van der Waals surface area (Å²) in [4.78, 5) is 44.9. The van der Waals surface area contributed by atoms with Gasteiger partial charge < -0.3 is 19.1 Å². The Morgan fingerprint density at radius 2 is 1.69 bits per heavy atom. The number of carbonyl (C=O) groups is 4. The molecular weight excluding hydrogens is 344 g/mol. The summed E-state index contributed by atoms with van der Waals surface area (Å²) in [5.41, 5.74) is 0.355. The molecule has 0 spiro atoms. The number of aromatic carboxylic acids is 1. The predicted molar refractivity (Wildman–Crippen MR) is 83.5 cm³/mol. The van der Waals surface area contributed by atoms with Gasteiger partial charge in [0.25, 0.3) is 11.8 Å². The number of ether oxygens (including phenoxy) is 1. The molecule has 1 aromatic heterocycles. The summed E-state index contributed by atoms with van der Waals surface area (Å²) in [6, 6.07) is 8.28. The van der Waals surface area contributed by atoms with Crippen LogP contribution in [0, 0.1) is 0 Å². The van der Waals surface area contributed by atoms with Crippen molar-refractivity contribution in [3.63, 3.8) is 0 Å². The molecule has 0 unspecified atom stereocenters. The summed E-state index contributed by atoms with van der Waals surface area (Å²) in [6.45, 7) is 0.0145. The second-order valence-electron chi connectivity index (χ2n) is 5.21. The maximum Gasteiger partial charge on any atom is 0.328 e. The number of rotatable bonds is 5. The molecule has 26 heavy (non-hydrogen) atoms. The third-order valence-corrected chi connectivity index (χ3v) is 3.38. The molecule has 0 bridgehead atoms. The highest BCUT2D eigenvalue weighted by Gasteiger charge is 2.27. The number of benzene rings is 1. The monoisotopic (exact) mass is 355 g/mol. The van der Waals surface area contributed by atoms with E-state index in [9.17, 15) is 24.3 Å². The predicted octanol–water partition coefficient (Wildman–Crippen LogP) is -0.0285. The zero-order chi connectivity index (χ0) is 18.7. The third kappa shape index (κ3) is 3.78. The van der Waals surface area contributed by atoms with Crippen molar-refractivity contribution in [3.8, 4) is 5.75 Å². The normalized spacial score (nSPS) is 13.8. The minimum Gasteiger partial charge on any atom is -0.542 e. The summed E-state index contributed by atoms with van der Waals surface area (Å²) < 4.78 is 10.5. The first kappa shape index (κ1) is 17.0. The van der Waals surface area contributed by atoms with E-state index in [-0.39, 0.29) is 17.9 Å². The van der Waals surface area contributed by atoms with Crippen LogP contribution in [0.15, 0.2) is 46.4 Å². The van der Waals surface area contributed by atoms with Crippen LogP contribution >= 0.6 is 0 Å². The average Bonchev–Trinajstić information content (AvgIpc) is 3.06. The number of hydrogen-bond donors (Lipinski definition) is 2. The molecule has 2 heterocycles. The summed E-state index contributed by atoms with van der Waals surface area (Å²) in [5, 5.41) is 14.6. The van der Waals surface area contributed by atoms with E-state index in [1.54, 1.807) is 24.3 Å². The van der Waals surface area contributed by atoms with Gasteiger partial charge in [-0.15, -0.1) is 0 Å². The second kappa shape index (κ2) is 6.93. The van der Waals surface area contributed by atoms with Crippen LogP contribution in [0.5, 0.6) is 5.75 Å². The van der Waals surface area contributed by atoms with Crippen LogP contribution in [0.2, 0.25) is 0 Å². The first-order valence-electron chi connectivity index (χ1n) is 7.33. The molecule has 9 heteroatoms. The Labute approximate surface area is 146 Å². The van der Waals surface area contributed by atoms with Gasteiger partial charge in [0.2, 0.25) is 0 Å². The van der Waals surface area contributed by atoms with Crippen LogP contribution in [0.1, 0.15) is 21.9 Å². The quantitative estimate of drug-likeness (QED) is 0.567. The Bertz CT molecular complexity index is 903. The zero-order valence-corrected chi connectivity index (χ0v) is 13.1. The van der Waals surface area contributed by atoms with Gasteiger partial charge in [-0.2, -0.15) is 0 Å². The van der Waals surface area contributed by atoms with E-state index in [1.807, 2.05) is 10.6 Å². The van der Waals surface area contributed by atoms with E-state index < -0.39 is 23.8 Å². The Hall–Kier alpha value is -3.88. The summed E-state index contributed by atoms with van der Waals surface area (Å²) >= 11 is 0. The van der Waals surface area contributed by atoms with Gasteiger partial charge in [-0.25, -0.2) is 4.79 Å². The molecule has 9 nitrogen and oxygen atoms in total. The fourth-order valence-corrected chi connectivity index (χ4v) is 2.15. The Balaban J connectivity index is 1.65. The Morgan fingerprint density at radius 3 is 2.27 bits per heavy atom. The van der Waals surface area contributed by atoms with Gasteiger partial charge in [-0.1, -0.05) is 12.1 Å². The van der Waals surface area contributed by atoms with Gasteiger partial charge in [0.05, 0.1) is 0 Å². The van der Waals surface area contributed by atoms with Crippen LogP contribution in [0.3, 0.4) is 0 Å². The molecule has 3 rings (SSSR count). The summed E-state index contributed by atoms with van der Waals surface area (Å²) in [6.07, 6.45) is 1.33. The number of carboxylic acids is 1. The molecule has 2 aromatic rings. The number of urea groups is 1. The number of carbonyl (C=O) groups excluding carboxylic acids is 4. The van der Waals surface area contributed by atoms with Gasteiger partial charge in [0, 0.05) is 0 Å². The van der Waals surface area contributed by atoms with Gasteiger partial charge in [-0.3, -0.25) is 20.2 Å². The fraction of sp³-hybridized carbons (Fsp3) is 0.0588. The second-order valence-corrected chi connectivity index (χ2v) is 5.21. The van der Waals surface area contributed by atoms with Gasteiger partial charge in [0.1, 0.15) is 35.4 Å². The lowest BCUT2D eigenvalue weighted by Gasteiger charge is -2.13. The van der Waals surface area contributed by atoms with E-state index in [0.717, 1.165) is 0 Å². The standard InChI is InChI=1S/C17H12N2O7/c20-14-12(15(21)19-17(24)18-14)7-9-1-3-10(4-2-9)25-8-11-5-6-13(26-11)16(22)23/h1-7H,8H2,(H,22,23)(H2,18,19,20,21,24)/p-1. The molecule has 1 aliphatic heterocycles. The van der Waals surface area contributed by atoms with Crippen LogP contribution < -0.4 is 20.5 Å². The number of barbiturate groups is 1. The maximum absolute atomic E-state index is 11.7. The Kier molecular flexibility index (Phi) is 4.52. The lowest BCUT2D eigenvalue weighted by Crippen LogP contribution is -2.51. The van der Waals surface area contributed by atoms with E-state index >= 15 is 0 Å². The van der Waals surface area contributed by atoms with Gasteiger partial charge in [-0.05, 0) is 35.9 Å². The molecule has 1 aliphatic rings. The first-order chi connectivity index (χ1) is 12.4. The van der Waals surface area contributed by atoms with Crippen molar-refractivity contribution in [2.24, 2.45) is 0 Å². The van der Waals surface area contributed by atoms with Gasteiger partial charge >= 0.3 is 6.03 Å². The van der Waals surface area contributed by atoms with Crippen molar-refractivity contribution < 1.29 is 33.4 Å². The number of nitrogens with one attached hydrogen (secondary N) is 2. The molecule has 0 radical (unpaired) electrons. The minimum absolute atomic E-state index is 0.0145. The molecule has 2 N–H and O–H groups in total. The molecule has 0 atom stereocenters. The van der Waals surface area contributed by atoms with Crippen LogP contribution in [-0.2, 0) is 16.2 Å². The number of amides is 4. The summed E-state index contributed by atoms with van der Waals surface area (Å²) in [7, 11) is 0. The SMILES string of the molecule is O=C1NC(=O)C(=Cc2ccc(OCc3ccc(C(=O)[O-])o3)cc2)C(=O)N1. The van der Waals surface area contributed by atoms with Crippen LogP contribution in [-0.4, -0.2) is 23.8 Å². The topological polar surface area (TPSA) is 138 Å². The minimum atomic E-state index is -1.41. The highest BCUT2D eigenvalue weighted by molar-refractivity contribution is 6.31. The first-order valence-corrected chi connectivity index (χ1v) is 7.33. The van der Waals surface area contributed by atoms with Gasteiger partial charge in [0.15, 0.2) is 0 Å². The lowest BCUT2D eigenvalue weighted by molar-refractivity contribution is -0.257. The Morgan fingerprint density at radius 1 is 1.04 bits per heavy atom.